The molecule has 21 heavy (non-hydrogen) atoms. The third-order valence-electron chi connectivity index (χ3n) is 3.32. The lowest BCUT2D eigenvalue weighted by atomic mass is 10.2. The van der Waals surface area contributed by atoms with Gasteiger partial charge < -0.3 is 10.6 Å². The molecule has 0 aliphatic carbocycles. The van der Waals surface area contributed by atoms with E-state index in [1.807, 2.05) is 62.4 Å². The van der Waals surface area contributed by atoms with Crippen LogP contribution in [0.25, 0.3) is 0 Å². The van der Waals surface area contributed by atoms with Gasteiger partial charge in [-0.25, -0.2) is 0 Å². The molecule has 1 amide bonds. The largest absolute Gasteiger partial charge is 0.398 e. The molecule has 2 rings (SSSR count). The van der Waals surface area contributed by atoms with Crippen LogP contribution >= 0.6 is 11.8 Å². The minimum atomic E-state index is 0.0922. The van der Waals surface area contributed by atoms with Crippen molar-refractivity contribution in [2.24, 2.45) is 0 Å². The van der Waals surface area contributed by atoms with Gasteiger partial charge >= 0.3 is 0 Å². The number of nitrogen functional groups attached to an aromatic ring is 1. The summed E-state index contributed by atoms with van der Waals surface area (Å²) >= 11 is 1.49. The van der Waals surface area contributed by atoms with E-state index in [1.54, 1.807) is 4.90 Å². The number of aryl methyl sites for hydroxylation is 1. The highest BCUT2D eigenvalue weighted by Crippen LogP contribution is 2.28. The first kappa shape index (κ1) is 15.4. The van der Waals surface area contributed by atoms with Crippen molar-refractivity contribution in [3.05, 3.63) is 54.1 Å². The van der Waals surface area contributed by atoms with Crippen LogP contribution in [0.5, 0.6) is 0 Å². The average Bonchev–Trinajstić information content (AvgIpc) is 2.50. The fourth-order valence-electron chi connectivity index (χ4n) is 2.11. The predicted octanol–water partition coefficient (Wildman–Crippen LogP) is 3.72. The van der Waals surface area contributed by atoms with Crippen LogP contribution in [0.15, 0.2) is 53.4 Å². The van der Waals surface area contributed by atoms with Crippen molar-refractivity contribution in [1.82, 2.24) is 0 Å². The maximum absolute atomic E-state index is 12.4. The molecular weight excluding hydrogens is 280 g/mol. The Hall–Kier alpha value is -1.94. The molecule has 4 heteroatoms. The number of hydrogen-bond donors (Lipinski definition) is 1. The molecule has 2 aromatic rings. The molecule has 110 valence electrons. The van der Waals surface area contributed by atoms with Crippen LogP contribution in [0.4, 0.5) is 11.4 Å². The number of rotatable bonds is 5. The predicted molar refractivity (Wildman–Crippen MR) is 90.8 cm³/mol. The molecular formula is C17H20N2OS. The van der Waals surface area contributed by atoms with Crippen LogP contribution in [0, 0.1) is 6.92 Å². The van der Waals surface area contributed by atoms with Crippen molar-refractivity contribution in [3.63, 3.8) is 0 Å². The molecule has 2 aromatic carbocycles. The summed E-state index contributed by atoms with van der Waals surface area (Å²) < 4.78 is 0. The summed E-state index contributed by atoms with van der Waals surface area (Å²) in [6, 6.07) is 15.6. The summed E-state index contributed by atoms with van der Waals surface area (Å²) in [5.41, 5.74) is 8.78. The number of hydrogen-bond acceptors (Lipinski definition) is 3. The first-order chi connectivity index (χ1) is 10.1. The molecule has 0 aliphatic heterocycles. The fourth-order valence-corrected chi connectivity index (χ4v) is 3.03. The molecule has 0 saturated heterocycles. The lowest BCUT2D eigenvalue weighted by molar-refractivity contribution is -0.116. The average molecular weight is 300 g/mol. The molecule has 0 radical (unpaired) electrons. The molecule has 0 spiro atoms. The summed E-state index contributed by atoms with van der Waals surface area (Å²) in [6.45, 7) is 4.62. The number of thioether (sulfide) groups is 1. The van der Waals surface area contributed by atoms with E-state index in [4.69, 9.17) is 5.73 Å². The summed E-state index contributed by atoms with van der Waals surface area (Å²) in [6.07, 6.45) is 0. The van der Waals surface area contributed by atoms with Crippen molar-refractivity contribution < 1.29 is 4.79 Å². The Labute approximate surface area is 130 Å². The second-order valence-corrected chi connectivity index (χ2v) is 5.77. The first-order valence-electron chi connectivity index (χ1n) is 6.96. The highest BCUT2D eigenvalue weighted by Gasteiger charge is 2.14. The standard InChI is InChI=1S/C17H20N2OS/c1-3-19(14-9-5-4-6-10-14)16(20)12-21-15-11-7-8-13(2)17(15)18/h4-11H,3,12,18H2,1-2H3. The zero-order chi connectivity index (χ0) is 15.2. The van der Waals surface area contributed by atoms with Crippen LogP contribution < -0.4 is 10.6 Å². The van der Waals surface area contributed by atoms with Crippen molar-refractivity contribution in [1.29, 1.82) is 0 Å². The quantitative estimate of drug-likeness (QED) is 0.676. The Bertz CT molecular complexity index is 613. The van der Waals surface area contributed by atoms with Gasteiger partial charge in [0.25, 0.3) is 0 Å². The van der Waals surface area contributed by atoms with Gasteiger partial charge in [-0.15, -0.1) is 11.8 Å². The van der Waals surface area contributed by atoms with E-state index < -0.39 is 0 Å². The number of anilines is 2. The molecule has 0 bridgehead atoms. The van der Waals surface area contributed by atoms with Crippen LogP contribution in [-0.4, -0.2) is 18.2 Å². The van der Waals surface area contributed by atoms with Gasteiger partial charge in [-0.05, 0) is 37.6 Å². The molecule has 0 aliphatic rings. The SMILES string of the molecule is CCN(C(=O)CSc1cccc(C)c1N)c1ccccc1. The number of carbonyl (C=O) groups excluding carboxylic acids is 1. The van der Waals surface area contributed by atoms with Crippen LogP contribution in [0.3, 0.4) is 0 Å². The van der Waals surface area contributed by atoms with Gasteiger partial charge in [0.15, 0.2) is 0 Å². The van der Waals surface area contributed by atoms with Crippen molar-refractivity contribution in [3.8, 4) is 0 Å². The molecule has 0 aromatic heterocycles. The maximum Gasteiger partial charge on any atom is 0.237 e. The summed E-state index contributed by atoms with van der Waals surface area (Å²) in [4.78, 5) is 15.2. The van der Waals surface area contributed by atoms with Gasteiger partial charge in [-0.1, -0.05) is 30.3 Å². The zero-order valence-corrected chi connectivity index (χ0v) is 13.2. The monoisotopic (exact) mass is 300 g/mol. The van der Waals surface area contributed by atoms with Gasteiger partial charge in [0.05, 0.1) is 5.75 Å². The highest BCUT2D eigenvalue weighted by molar-refractivity contribution is 8.00. The normalized spacial score (nSPS) is 10.4. The summed E-state index contributed by atoms with van der Waals surface area (Å²) in [5, 5.41) is 0. The number of para-hydroxylation sites is 2. The van der Waals surface area contributed by atoms with Gasteiger partial charge in [0, 0.05) is 22.8 Å². The minimum absolute atomic E-state index is 0.0922. The summed E-state index contributed by atoms with van der Waals surface area (Å²) in [7, 11) is 0. The van der Waals surface area contributed by atoms with E-state index >= 15 is 0 Å². The number of benzene rings is 2. The fraction of sp³-hybridized carbons (Fsp3) is 0.235. The molecule has 0 unspecified atom stereocenters. The second kappa shape index (κ2) is 7.18. The summed E-state index contributed by atoms with van der Waals surface area (Å²) in [5.74, 6) is 0.478. The van der Waals surface area contributed by atoms with Crippen LogP contribution in [0.2, 0.25) is 0 Å². The third kappa shape index (κ3) is 3.79. The molecule has 0 atom stereocenters. The van der Waals surface area contributed by atoms with Crippen molar-refractivity contribution in [2.75, 3.05) is 22.9 Å². The van der Waals surface area contributed by atoms with E-state index in [1.165, 1.54) is 11.8 Å². The van der Waals surface area contributed by atoms with E-state index in [0.29, 0.717) is 12.3 Å². The number of amides is 1. The Morgan fingerprint density at radius 2 is 1.86 bits per heavy atom. The van der Waals surface area contributed by atoms with Gasteiger partial charge in [-0.3, -0.25) is 4.79 Å². The number of carbonyl (C=O) groups is 1. The third-order valence-corrected chi connectivity index (χ3v) is 4.38. The Morgan fingerprint density at radius 3 is 2.52 bits per heavy atom. The smallest absolute Gasteiger partial charge is 0.237 e. The highest BCUT2D eigenvalue weighted by atomic mass is 32.2. The molecule has 0 heterocycles. The molecule has 0 saturated carbocycles. The van der Waals surface area contributed by atoms with E-state index in [2.05, 4.69) is 0 Å². The molecule has 0 fully saturated rings. The van der Waals surface area contributed by atoms with Gasteiger partial charge in [0.2, 0.25) is 5.91 Å². The second-order valence-electron chi connectivity index (χ2n) is 4.75. The van der Waals surface area contributed by atoms with E-state index in [0.717, 1.165) is 21.8 Å². The van der Waals surface area contributed by atoms with Gasteiger partial charge in [-0.2, -0.15) is 0 Å². The van der Waals surface area contributed by atoms with E-state index in [-0.39, 0.29) is 5.91 Å². The maximum atomic E-state index is 12.4. The Balaban J connectivity index is 2.05. The first-order valence-corrected chi connectivity index (χ1v) is 7.95. The zero-order valence-electron chi connectivity index (χ0n) is 12.4. The minimum Gasteiger partial charge on any atom is -0.398 e. The lowest BCUT2D eigenvalue weighted by Gasteiger charge is -2.21. The van der Waals surface area contributed by atoms with E-state index in [9.17, 15) is 4.79 Å². The van der Waals surface area contributed by atoms with Crippen molar-refractivity contribution >= 4 is 29.0 Å². The van der Waals surface area contributed by atoms with Crippen molar-refractivity contribution in [2.45, 2.75) is 18.7 Å². The van der Waals surface area contributed by atoms with Crippen LogP contribution in [-0.2, 0) is 4.79 Å². The Morgan fingerprint density at radius 1 is 1.14 bits per heavy atom. The van der Waals surface area contributed by atoms with Crippen LogP contribution in [0.1, 0.15) is 12.5 Å². The number of nitrogens with two attached hydrogens (primary N) is 1. The molecule has 2 N–H and O–H groups in total. The van der Waals surface area contributed by atoms with Gasteiger partial charge in [0.1, 0.15) is 0 Å². The molecule has 3 nitrogen and oxygen atoms in total. The number of nitrogens with zero attached hydrogens (tertiary/aromatic N) is 1. The Kier molecular flexibility index (Phi) is 5.28. The lowest BCUT2D eigenvalue weighted by Crippen LogP contribution is -2.32. The topological polar surface area (TPSA) is 46.3 Å².